The van der Waals surface area contributed by atoms with E-state index in [4.69, 9.17) is 9.84 Å². The number of carbonyl (C=O) groups is 2. The average molecular weight is 453 g/mol. The van der Waals surface area contributed by atoms with Crippen LogP contribution in [0.3, 0.4) is 0 Å². The van der Waals surface area contributed by atoms with E-state index in [0.29, 0.717) is 18.6 Å². The molecule has 32 heavy (non-hydrogen) atoms. The van der Waals surface area contributed by atoms with Gasteiger partial charge in [0.15, 0.2) is 0 Å². The quantitative estimate of drug-likeness (QED) is 0.101. The molecule has 0 bridgehead atoms. The second-order valence-electron chi connectivity index (χ2n) is 8.69. The van der Waals surface area contributed by atoms with Gasteiger partial charge in [-0.2, -0.15) is 0 Å². The van der Waals surface area contributed by atoms with Gasteiger partial charge in [0, 0.05) is 11.6 Å². The second-order valence-corrected chi connectivity index (χ2v) is 8.69. The lowest BCUT2D eigenvalue weighted by Gasteiger charge is -2.02. The van der Waals surface area contributed by atoms with E-state index in [0.717, 1.165) is 25.7 Å². The summed E-state index contributed by atoms with van der Waals surface area (Å²) < 4.78 is 4.89. The largest absolute Gasteiger partial charge is 0.478 e. The molecule has 0 aromatic heterocycles. The molecule has 0 rings (SSSR count). The summed E-state index contributed by atoms with van der Waals surface area (Å²) in [6.07, 6.45) is 24.7. The zero-order chi connectivity index (χ0) is 24.3. The lowest BCUT2D eigenvalue weighted by Crippen LogP contribution is -2.01. The molecule has 4 heteroatoms. The van der Waals surface area contributed by atoms with E-state index in [1.807, 2.05) is 0 Å². The molecular formula is C28H52O4. The van der Waals surface area contributed by atoms with Crippen LogP contribution in [0.25, 0.3) is 0 Å². The lowest BCUT2D eigenvalue weighted by molar-refractivity contribution is -0.138. The number of unbranched alkanes of at least 4 members (excludes halogenated alkanes) is 16. The Bertz CT molecular complexity index is 454. The Hall–Kier alpha value is -1.58. The molecule has 0 aromatic rings. The van der Waals surface area contributed by atoms with Gasteiger partial charge < -0.3 is 9.84 Å². The van der Waals surface area contributed by atoms with Gasteiger partial charge in [-0.1, -0.05) is 130 Å². The Morgan fingerprint density at radius 2 is 1.06 bits per heavy atom. The Kier molecular flexibility index (Phi) is 28.0. The molecule has 1 N–H and O–H groups in total. The summed E-state index contributed by atoms with van der Waals surface area (Å²) in [6, 6.07) is 0. The van der Waals surface area contributed by atoms with Gasteiger partial charge in [0.25, 0.3) is 0 Å². The first kappa shape index (κ1) is 32.6. The summed E-state index contributed by atoms with van der Waals surface area (Å²) >= 11 is 0. The molecule has 0 spiro atoms. The first-order valence-electron chi connectivity index (χ1n) is 13.2. The van der Waals surface area contributed by atoms with E-state index in [2.05, 4.69) is 27.0 Å². The maximum Gasteiger partial charge on any atom is 0.330 e. The number of carbonyl (C=O) groups excluding carboxylic acids is 1. The number of hydrogen-bond donors (Lipinski definition) is 1. The van der Waals surface area contributed by atoms with Crippen molar-refractivity contribution in [1.29, 1.82) is 0 Å². The molecule has 0 aliphatic heterocycles. The van der Waals surface area contributed by atoms with Crippen LogP contribution in [-0.4, -0.2) is 23.7 Å². The monoisotopic (exact) mass is 452 g/mol. The number of carboxylic acids is 1. The summed E-state index contributed by atoms with van der Waals surface area (Å²) in [5.74, 6) is -1.15. The van der Waals surface area contributed by atoms with Crippen LogP contribution in [0.4, 0.5) is 0 Å². The van der Waals surface area contributed by atoms with Crippen molar-refractivity contribution < 1.29 is 19.4 Å². The highest BCUT2D eigenvalue weighted by molar-refractivity contribution is 5.85. The molecule has 0 amide bonds. The zero-order valence-corrected chi connectivity index (χ0v) is 21.3. The van der Waals surface area contributed by atoms with Gasteiger partial charge in [0.2, 0.25) is 0 Å². The maximum atomic E-state index is 10.7. The van der Waals surface area contributed by atoms with E-state index in [-0.39, 0.29) is 5.97 Å². The van der Waals surface area contributed by atoms with Gasteiger partial charge in [-0.05, 0) is 19.3 Å². The highest BCUT2D eigenvalue weighted by atomic mass is 16.5. The molecule has 0 aliphatic carbocycles. The van der Waals surface area contributed by atoms with Crippen LogP contribution in [-0.2, 0) is 14.3 Å². The molecule has 0 saturated carbocycles. The van der Waals surface area contributed by atoms with E-state index >= 15 is 0 Å². The molecule has 0 aromatic carbocycles. The third-order valence-corrected chi connectivity index (χ3v) is 5.54. The Balaban J connectivity index is 0. The molecule has 0 atom stereocenters. The topological polar surface area (TPSA) is 63.6 Å². The van der Waals surface area contributed by atoms with Gasteiger partial charge >= 0.3 is 11.9 Å². The molecule has 188 valence electrons. The van der Waals surface area contributed by atoms with Crippen LogP contribution in [0.5, 0.6) is 0 Å². The summed E-state index contributed by atoms with van der Waals surface area (Å²) in [5.41, 5.74) is 0.350. The normalized spacial score (nSPS) is 10.2. The Labute approximate surface area is 198 Å². The van der Waals surface area contributed by atoms with Crippen molar-refractivity contribution in [2.24, 2.45) is 0 Å². The van der Waals surface area contributed by atoms with Crippen molar-refractivity contribution in [1.82, 2.24) is 0 Å². The first-order chi connectivity index (χ1) is 15.5. The minimum atomic E-state index is -0.848. The SMILES string of the molecule is C=C(CCCCCCCCCCC)C(=O)O.C=CC(=O)OCCCCCCCCCCC. The van der Waals surface area contributed by atoms with E-state index in [1.54, 1.807) is 0 Å². The fourth-order valence-corrected chi connectivity index (χ4v) is 3.40. The van der Waals surface area contributed by atoms with Crippen molar-refractivity contribution in [3.8, 4) is 0 Å². The molecule has 4 nitrogen and oxygen atoms in total. The van der Waals surface area contributed by atoms with Crippen molar-refractivity contribution >= 4 is 11.9 Å². The van der Waals surface area contributed by atoms with Gasteiger partial charge in [-0.25, -0.2) is 9.59 Å². The lowest BCUT2D eigenvalue weighted by atomic mass is 10.0. The van der Waals surface area contributed by atoms with E-state index in [9.17, 15) is 9.59 Å². The van der Waals surface area contributed by atoms with E-state index in [1.165, 1.54) is 96.0 Å². The molecule has 0 aliphatic rings. The molecule has 0 saturated heterocycles. The van der Waals surface area contributed by atoms with Crippen LogP contribution >= 0.6 is 0 Å². The van der Waals surface area contributed by atoms with Gasteiger partial charge in [-0.15, -0.1) is 0 Å². The third kappa shape index (κ3) is 28.4. The van der Waals surface area contributed by atoms with Crippen molar-refractivity contribution in [2.45, 2.75) is 136 Å². The van der Waals surface area contributed by atoms with Gasteiger partial charge in [0.05, 0.1) is 6.61 Å². The van der Waals surface area contributed by atoms with Crippen molar-refractivity contribution in [3.63, 3.8) is 0 Å². The molecular weight excluding hydrogens is 400 g/mol. The highest BCUT2D eigenvalue weighted by Crippen LogP contribution is 2.12. The second kappa shape index (κ2) is 27.5. The highest BCUT2D eigenvalue weighted by Gasteiger charge is 2.02. The summed E-state index contributed by atoms with van der Waals surface area (Å²) in [7, 11) is 0. The Morgan fingerprint density at radius 1 is 0.688 bits per heavy atom. The smallest absolute Gasteiger partial charge is 0.330 e. The van der Waals surface area contributed by atoms with E-state index < -0.39 is 5.97 Å². The molecule has 0 unspecified atom stereocenters. The number of carboxylic acid groups (broad SMARTS) is 1. The number of rotatable bonds is 22. The van der Waals surface area contributed by atoms with Gasteiger partial charge in [-0.3, -0.25) is 0 Å². The number of hydrogen-bond acceptors (Lipinski definition) is 3. The summed E-state index contributed by atoms with van der Waals surface area (Å²) in [4.78, 5) is 21.2. The van der Waals surface area contributed by atoms with Crippen LogP contribution in [0.2, 0.25) is 0 Å². The first-order valence-corrected chi connectivity index (χ1v) is 13.2. The van der Waals surface area contributed by atoms with Crippen LogP contribution in [0.1, 0.15) is 136 Å². The van der Waals surface area contributed by atoms with Crippen molar-refractivity contribution in [2.75, 3.05) is 6.61 Å². The summed E-state index contributed by atoms with van der Waals surface area (Å²) in [5, 5.41) is 8.61. The fraction of sp³-hybridized carbons (Fsp3) is 0.786. The fourth-order valence-electron chi connectivity index (χ4n) is 3.40. The van der Waals surface area contributed by atoms with Crippen molar-refractivity contribution in [3.05, 3.63) is 24.8 Å². The molecule has 0 radical (unpaired) electrons. The number of aliphatic carboxylic acids is 1. The van der Waals surface area contributed by atoms with Crippen LogP contribution < -0.4 is 0 Å². The minimum absolute atomic E-state index is 0.306. The predicted molar refractivity (Wildman–Crippen MR) is 137 cm³/mol. The maximum absolute atomic E-state index is 10.7. The molecule has 0 fully saturated rings. The summed E-state index contributed by atoms with van der Waals surface area (Å²) in [6.45, 7) is 11.9. The molecule has 0 heterocycles. The van der Waals surface area contributed by atoms with Crippen LogP contribution in [0.15, 0.2) is 24.8 Å². The standard InChI is InChI=1S/2C14H26O2/c1-3-4-5-6-7-8-9-10-11-12-13(2)14(15)16;1-3-5-6-7-8-9-10-11-12-13-16-14(15)4-2/h2-12H2,1H3,(H,15,16);4H,2-3,5-13H2,1H3. The number of ether oxygens (including phenoxy) is 1. The number of esters is 1. The predicted octanol–water partition coefficient (Wildman–Crippen LogP) is 8.79. The third-order valence-electron chi connectivity index (χ3n) is 5.54. The van der Waals surface area contributed by atoms with Crippen LogP contribution in [0, 0.1) is 0 Å². The Morgan fingerprint density at radius 3 is 1.44 bits per heavy atom. The minimum Gasteiger partial charge on any atom is -0.478 e. The average Bonchev–Trinajstić information content (AvgIpc) is 2.79. The van der Waals surface area contributed by atoms with Gasteiger partial charge in [0.1, 0.15) is 0 Å². The zero-order valence-electron chi connectivity index (χ0n) is 21.3.